The van der Waals surface area contributed by atoms with Gasteiger partial charge in [-0.1, -0.05) is 34.6 Å². The van der Waals surface area contributed by atoms with Crippen LogP contribution >= 0.6 is 0 Å². The summed E-state index contributed by atoms with van der Waals surface area (Å²) >= 11 is 0. The first-order valence-corrected chi connectivity index (χ1v) is 28.9. The van der Waals surface area contributed by atoms with E-state index < -0.39 is 181 Å². The molecule has 5 saturated carbocycles. The van der Waals surface area contributed by atoms with Crippen molar-refractivity contribution >= 4 is 11.9 Å². The Labute approximate surface area is 467 Å². The maximum atomic E-state index is 13.2. The van der Waals surface area contributed by atoms with Crippen molar-refractivity contribution in [1.82, 2.24) is 0 Å². The van der Waals surface area contributed by atoms with Crippen LogP contribution in [0.1, 0.15) is 127 Å². The molecule has 4 saturated heterocycles. The second kappa shape index (κ2) is 22.8. The van der Waals surface area contributed by atoms with E-state index in [1.54, 1.807) is 13.8 Å². The summed E-state index contributed by atoms with van der Waals surface area (Å²) in [6.45, 7) is 16.8. The Kier molecular flexibility index (Phi) is 17.8. The maximum Gasteiger partial charge on any atom is 0.303 e. The van der Waals surface area contributed by atoms with Crippen molar-refractivity contribution in [3.63, 3.8) is 0 Å². The number of aliphatic hydroxyl groups is 12. The van der Waals surface area contributed by atoms with E-state index in [9.17, 15) is 70.9 Å². The van der Waals surface area contributed by atoms with Gasteiger partial charge in [-0.05, 0) is 123 Å². The summed E-state index contributed by atoms with van der Waals surface area (Å²) in [5, 5.41) is 131. The molecule has 12 N–H and O–H groups in total. The zero-order chi connectivity index (χ0) is 58.7. The average molecular weight is 1150 g/mol. The molecule has 9 rings (SSSR count). The lowest BCUT2D eigenvalue weighted by atomic mass is 9.41. The monoisotopic (exact) mass is 1150 g/mol. The molecular weight excluding hydrogens is 1060 g/mol. The van der Waals surface area contributed by atoms with Gasteiger partial charge in [-0.2, -0.15) is 0 Å². The van der Waals surface area contributed by atoms with Crippen molar-refractivity contribution in [3.05, 3.63) is 0 Å². The molecule has 460 valence electrons. The molecule has 9 aliphatic rings. The fraction of sp³-hybridized carbons (Fsp3) is 0.964. The van der Waals surface area contributed by atoms with Gasteiger partial charge in [0.2, 0.25) is 0 Å². The molecule has 5 aliphatic carbocycles. The van der Waals surface area contributed by atoms with Gasteiger partial charge in [0.15, 0.2) is 31.3 Å². The molecule has 4 aliphatic heterocycles. The van der Waals surface area contributed by atoms with Crippen LogP contribution < -0.4 is 0 Å². The van der Waals surface area contributed by atoms with E-state index in [1.165, 1.54) is 20.8 Å². The molecule has 0 aromatic rings. The first kappa shape index (κ1) is 62.7. The summed E-state index contributed by atoms with van der Waals surface area (Å²) < 4.78 is 61.4. The zero-order valence-corrected chi connectivity index (χ0v) is 47.8. The highest BCUT2D eigenvalue weighted by molar-refractivity contribution is 5.66. The Bertz CT molecular complexity index is 2180. The number of carbonyl (C=O) groups is 2. The van der Waals surface area contributed by atoms with E-state index >= 15 is 0 Å². The summed E-state index contributed by atoms with van der Waals surface area (Å²) in [4.78, 5) is 24.8. The van der Waals surface area contributed by atoms with E-state index in [-0.39, 0.29) is 48.7 Å². The fourth-order valence-corrected chi connectivity index (χ4v) is 17.5. The number of ether oxygens (including phenoxy) is 10. The second-order valence-electron chi connectivity index (χ2n) is 27.0. The molecule has 0 unspecified atom stereocenters. The smallest absolute Gasteiger partial charge is 0.303 e. The minimum Gasteiger partial charge on any atom is -0.462 e. The van der Waals surface area contributed by atoms with Crippen LogP contribution in [-0.4, -0.2) is 234 Å². The lowest BCUT2D eigenvalue weighted by molar-refractivity contribution is -0.366. The fourth-order valence-electron chi connectivity index (χ4n) is 17.5. The van der Waals surface area contributed by atoms with Gasteiger partial charge in [0.05, 0.1) is 49.8 Å². The number of rotatable bonds is 16. The highest BCUT2D eigenvalue weighted by atomic mass is 16.8. The van der Waals surface area contributed by atoms with Crippen LogP contribution in [0, 0.1) is 50.7 Å². The molecule has 0 amide bonds. The molecule has 0 bridgehead atoms. The predicted octanol–water partition coefficient (Wildman–Crippen LogP) is -0.980. The van der Waals surface area contributed by atoms with Crippen LogP contribution in [-0.2, 0) is 57.0 Å². The summed E-state index contributed by atoms with van der Waals surface area (Å²) in [6.07, 6.45) is -24.0. The molecule has 30 atom stereocenters. The Morgan fingerprint density at radius 1 is 0.650 bits per heavy atom. The van der Waals surface area contributed by atoms with Crippen LogP contribution in [0.2, 0.25) is 0 Å². The van der Waals surface area contributed by atoms with Crippen molar-refractivity contribution in [3.8, 4) is 0 Å². The molecule has 0 radical (unpaired) electrons. The number of fused-ring (bicyclic) bond motifs is 2. The Balaban J connectivity index is 1.01. The van der Waals surface area contributed by atoms with Crippen LogP contribution in [0.4, 0.5) is 0 Å². The summed E-state index contributed by atoms with van der Waals surface area (Å²) in [5.41, 5.74) is -3.90. The molecule has 0 aromatic heterocycles. The maximum absolute atomic E-state index is 13.2. The van der Waals surface area contributed by atoms with Gasteiger partial charge in [0, 0.05) is 19.8 Å². The van der Waals surface area contributed by atoms with Crippen molar-refractivity contribution < 1.29 is 118 Å². The number of esters is 2. The molecule has 24 nitrogen and oxygen atoms in total. The number of carbonyl (C=O) groups excluding carboxylic acids is 2. The van der Waals surface area contributed by atoms with Gasteiger partial charge in [-0.3, -0.25) is 9.59 Å². The van der Waals surface area contributed by atoms with E-state index in [1.807, 2.05) is 0 Å². The van der Waals surface area contributed by atoms with Gasteiger partial charge in [0.25, 0.3) is 0 Å². The number of hydrogen-bond acceptors (Lipinski definition) is 24. The van der Waals surface area contributed by atoms with E-state index in [2.05, 4.69) is 34.6 Å². The lowest BCUT2D eigenvalue weighted by Crippen LogP contribution is -2.65. The Morgan fingerprint density at radius 3 is 1.90 bits per heavy atom. The quantitative estimate of drug-likeness (QED) is 0.0653. The topological polar surface area (TPSA) is 369 Å². The largest absolute Gasteiger partial charge is 0.462 e. The van der Waals surface area contributed by atoms with Gasteiger partial charge >= 0.3 is 11.9 Å². The van der Waals surface area contributed by atoms with Crippen LogP contribution in [0.5, 0.6) is 0 Å². The molecule has 80 heavy (non-hydrogen) atoms. The molecular formula is C56H92O24. The van der Waals surface area contributed by atoms with Gasteiger partial charge < -0.3 is 109 Å². The third kappa shape index (κ3) is 10.6. The molecule has 0 aromatic carbocycles. The van der Waals surface area contributed by atoms with Crippen LogP contribution in [0.15, 0.2) is 0 Å². The van der Waals surface area contributed by atoms with Crippen LogP contribution in [0.3, 0.4) is 0 Å². The lowest BCUT2D eigenvalue weighted by Gasteiger charge is -2.65. The highest BCUT2D eigenvalue weighted by Gasteiger charge is 2.85. The second-order valence-corrected chi connectivity index (χ2v) is 27.0. The number of aliphatic hydroxyl groups excluding tert-OH is 11. The third-order valence-corrected chi connectivity index (χ3v) is 21.6. The average Bonchev–Trinajstić information content (AvgIpc) is 3.97. The van der Waals surface area contributed by atoms with Crippen LogP contribution in [0.25, 0.3) is 0 Å². The highest BCUT2D eigenvalue weighted by Crippen LogP contribution is 2.89. The normalized spacial score (nSPS) is 51.6. The number of hydrogen-bond donors (Lipinski definition) is 12. The molecule has 4 heterocycles. The zero-order valence-electron chi connectivity index (χ0n) is 47.8. The predicted molar refractivity (Wildman–Crippen MR) is 273 cm³/mol. The molecule has 2 spiro atoms. The van der Waals surface area contributed by atoms with Crippen molar-refractivity contribution in [2.75, 3.05) is 19.8 Å². The minimum absolute atomic E-state index is 0.0719. The molecule has 24 heteroatoms. The van der Waals surface area contributed by atoms with E-state index in [0.29, 0.717) is 32.1 Å². The summed E-state index contributed by atoms with van der Waals surface area (Å²) in [6, 6.07) is 0. The minimum atomic E-state index is -1.73. The Hall–Kier alpha value is -1.86. The first-order valence-electron chi connectivity index (χ1n) is 28.9. The SMILES string of the molecule is CC(=O)O[C@H]1CO[C@@H](O[C@@H](CC[C@@H](C)[C@H]2[C@@H](OC(C)=O)C[C@@]3(C)[C@@H]4C[C@H](O[C@@H]5O[C@H](CO)[C@@H](O)[C@H](O)[C@H]5O)[C@H]5C(C)(C)[C@@H](O[C@@H]6OC[C@@H](O)[C@H](O)[C@H]6O[C@@H]6O[C@@H](C)[C@H](O)[C@@H](O)[C@H]6O)CC[C@@]56C[C@@]46CC[C@]23C)C(C)(C)O)[C@H](O)[C@H]1O. The summed E-state index contributed by atoms with van der Waals surface area (Å²) in [7, 11) is 0. The van der Waals surface area contributed by atoms with Crippen molar-refractivity contribution in [1.29, 1.82) is 0 Å². The molecule has 9 fully saturated rings. The van der Waals surface area contributed by atoms with Gasteiger partial charge in [-0.25, -0.2) is 0 Å². The summed E-state index contributed by atoms with van der Waals surface area (Å²) in [5.74, 6) is -1.83. The van der Waals surface area contributed by atoms with E-state index in [0.717, 1.165) is 19.3 Å². The Morgan fingerprint density at radius 2 is 1.26 bits per heavy atom. The first-order chi connectivity index (χ1) is 37.3. The van der Waals surface area contributed by atoms with E-state index in [4.69, 9.17) is 47.4 Å². The van der Waals surface area contributed by atoms with Crippen molar-refractivity contribution in [2.45, 2.75) is 268 Å². The van der Waals surface area contributed by atoms with Gasteiger partial charge in [-0.15, -0.1) is 0 Å². The standard InChI is InChI=1S/C56H92O24/c1-23(11-12-34(52(7,8)70)79-47-42(67)39(64)31(21-72-47)75-26(4)59)35-29(74-25(3)58)18-54(10)32-17-28(76-49-44(69)41(66)38(63)30(19-57)77-49)46-51(5,6)33(13-14-56(46)22-55(32,56)16-15-53(35,54)9)78-50-45(37(62)27(60)20-71-50)80-48-43(68)40(65)36(61)24(2)73-48/h23-24,27-50,57,60-70H,11-22H2,1-10H3/t23-,24+,27-,28+,29+,30-,31+,32+,33+,34+,35+,36+,37+,38-,39+,40-,41+,42-,43-,44-,45-,46+,47+,48+,49-,50+,53-,54+,55+,56-/m1/s1. The van der Waals surface area contributed by atoms with Gasteiger partial charge in [0.1, 0.15) is 79.4 Å². The van der Waals surface area contributed by atoms with Crippen molar-refractivity contribution in [2.24, 2.45) is 50.7 Å². The third-order valence-electron chi connectivity index (χ3n) is 21.6.